The van der Waals surface area contributed by atoms with E-state index in [1.807, 2.05) is 6.07 Å². The molecule has 0 saturated carbocycles. The quantitative estimate of drug-likeness (QED) is 0.816. The van der Waals surface area contributed by atoms with Crippen LogP contribution in [0.15, 0.2) is 36.9 Å². The average Bonchev–Trinajstić information content (AvgIpc) is 2.45. The number of benzene rings is 1. The van der Waals surface area contributed by atoms with Gasteiger partial charge >= 0.3 is 0 Å². The highest BCUT2D eigenvalue weighted by molar-refractivity contribution is 5.73. The first-order chi connectivity index (χ1) is 9.65. The van der Waals surface area contributed by atoms with E-state index < -0.39 is 0 Å². The minimum absolute atomic E-state index is 0.0310. The molecule has 0 saturated heterocycles. The summed E-state index contributed by atoms with van der Waals surface area (Å²) in [7, 11) is 0. The van der Waals surface area contributed by atoms with E-state index in [4.69, 9.17) is 21.5 Å². The number of anilines is 2. The van der Waals surface area contributed by atoms with Crippen molar-refractivity contribution in [3.8, 4) is 23.1 Å². The van der Waals surface area contributed by atoms with Crippen molar-refractivity contribution in [2.75, 3.05) is 18.1 Å². The van der Waals surface area contributed by atoms with Gasteiger partial charge in [0, 0.05) is 5.56 Å². The fourth-order valence-electron chi connectivity index (χ4n) is 1.68. The molecule has 1 heterocycles. The predicted octanol–water partition coefficient (Wildman–Crippen LogP) is 1.74. The first kappa shape index (κ1) is 13.4. The summed E-state index contributed by atoms with van der Waals surface area (Å²) >= 11 is 0. The van der Waals surface area contributed by atoms with Gasteiger partial charge in [-0.25, -0.2) is 4.98 Å². The van der Waals surface area contributed by atoms with Crippen LogP contribution in [-0.4, -0.2) is 16.6 Å². The molecule has 2 aromatic rings. The Hall–Kier alpha value is -3.07. The maximum atomic E-state index is 9.14. The van der Waals surface area contributed by atoms with Crippen molar-refractivity contribution >= 4 is 11.8 Å². The largest absolute Gasteiger partial charge is 0.490 e. The third kappa shape index (κ3) is 2.67. The van der Waals surface area contributed by atoms with Crippen LogP contribution in [0.5, 0.6) is 5.75 Å². The number of ether oxygens (including phenoxy) is 1. The number of nitriles is 1. The lowest BCUT2D eigenvalue weighted by atomic mass is 10.1. The molecule has 0 amide bonds. The molecule has 1 aromatic heterocycles. The van der Waals surface area contributed by atoms with Gasteiger partial charge in [-0.1, -0.05) is 12.7 Å². The van der Waals surface area contributed by atoms with Crippen molar-refractivity contribution in [1.29, 1.82) is 5.26 Å². The number of rotatable bonds is 4. The topological polar surface area (TPSA) is 111 Å². The van der Waals surface area contributed by atoms with Gasteiger partial charge in [0.25, 0.3) is 0 Å². The molecule has 6 nitrogen and oxygen atoms in total. The summed E-state index contributed by atoms with van der Waals surface area (Å²) in [6.45, 7) is 4.00. The van der Waals surface area contributed by atoms with E-state index in [-0.39, 0.29) is 17.3 Å². The van der Waals surface area contributed by atoms with Crippen LogP contribution in [0.25, 0.3) is 11.3 Å². The Morgan fingerprint density at radius 3 is 2.55 bits per heavy atom. The molecule has 0 bridgehead atoms. The number of hydrogen-bond donors (Lipinski definition) is 2. The summed E-state index contributed by atoms with van der Waals surface area (Å²) in [5, 5.41) is 9.14. The number of hydrogen-bond acceptors (Lipinski definition) is 6. The third-order valence-electron chi connectivity index (χ3n) is 2.56. The van der Waals surface area contributed by atoms with Crippen molar-refractivity contribution in [1.82, 2.24) is 9.97 Å². The normalized spacial score (nSPS) is 9.75. The molecule has 2 rings (SSSR count). The van der Waals surface area contributed by atoms with Crippen molar-refractivity contribution in [2.45, 2.75) is 0 Å². The highest BCUT2D eigenvalue weighted by Gasteiger charge is 2.12. The molecule has 0 spiro atoms. The second-order valence-corrected chi connectivity index (χ2v) is 3.93. The summed E-state index contributed by atoms with van der Waals surface area (Å²) < 4.78 is 5.38. The SMILES string of the molecule is C=CCOc1ccc(-c2nc(N)nc(N)c2C#N)cc1. The van der Waals surface area contributed by atoms with Gasteiger partial charge in [0.15, 0.2) is 0 Å². The Balaban J connectivity index is 2.41. The summed E-state index contributed by atoms with van der Waals surface area (Å²) in [5.41, 5.74) is 12.6. The maximum Gasteiger partial charge on any atom is 0.222 e. The second-order valence-electron chi connectivity index (χ2n) is 3.93. The maximum absolute atomic E-state index is 9.14. The molecule has 0 fully saturated rings. The smallest absolute Gasteiger partial charge is 0.222 e. The second kappa shape index (κ2) is 5.71. The van der Waals surface area contributed by atoms with Crippen LogP contribution >= 0.6 is 0 Å². The van der Waals surface area contributed by atoms with Crippen molar-refractivity contribution in [2.24, 2.45) is 0 Å². The summed E-state index contributed by atoms with van der Waals surface area (Å²) in [4.78, 5) is 7.85. The highest BCUT2D eigenvalue weighted by atomic mass is 16.5. The monoisotopic (exact) mass is 267 g/mol. The minimum Gasteiger partial charge on any atom is -0.490 e. The first-order valence-electron chi connectivity index (χ1n) is 5.83. The zero-order chi connectivity index (χ0) is 14.5. The van der Waals surface area contributed by atoms with E-state index in [9.17, 15) is 0 Å². The Labute approximate surface area is 116 Å². The van der Waals surface area contributed by atoms with Crippen LogP contribution < -0.4 is 16.2 Å². The van der Waals surface area contributed by atoms with E-state index in [1.165, 1.54) is 0 Å². The van der Waals surface area contributed by atoms with E-state index in [0.717, 1.165) is 0 Å². The number of nitrogen functional groups attached to an aromatic ring is 2. The average molecular weight is 267 g/mol. The molecule has 1 aromatic carbocycles. The zero-order valence-corrected chi connectivity index (χ0v) is 10.7. The summed E-state index contributed by atoms with van der Waals surface area (Å²) in [6.07, 6.45) is 1.66. The van der Waals surface area contributed by atoms with Crippen LogP contribution in [0.2, 0.25) is 0 Å². The van der Waals surface area contributed by atoms with Crippen molar-refractivity contribution in [3.63, 3.8) is 0 Å². The van der Waals surface area contributed by atoms with E-state index >= 15 is 0 Å². The Kier molecular flexibility index (Phi) is 3.82. The molecular formula is C14H13N5O. The fraction of sp³-hybridized carbons (Fsp3) is 0.0714. The number of nitrogens with two attached hydrogens (primary N) is 2. The zero-order valence-electron chi connectivity index (χ0n) is 10.7. The predicted molar refractivity (Wildman–Crippen MR) is 76.7 cm³/mol. The number of aromatic nitrogens is 2. The van der Waals surface area contributed by atoms with Gasteiger partial charge in [0.05, 0.1) is 5.69 Å². The van der Waals surface area contributed by atoms with E-state index in [2.05, 4.69) is 16.5 Å². The van der Waals surface area contributed by atoms with Gasteiger partial charge in [-0.15, -0.1) is 0 Å². The van der Waals surface area contributed by atoms with Gasteiger partial charge in [-0.05, 0) is 24.3 Å². The van der Waals surface area contributed by atoms with Crippen LogP contribution in [-0.2, 0) is 0 Å². The molecule has 0 aliphatic carbocycles. The third-order valence-corrected chi connectivity index (χ3v) is 2.56. The summed E-state index contributed by atoms with van der Waals surface area (Å²) in [6, 6.07) is 9.09. The lowest BCUT2D eigenvalue weighted by molar-refractivity contribution is 0.363. The lowest BCUT2D eigenvalue weighted by Gasteiger charge is -2.08. The molecule has 0 aliphatic heterocycles. The Bertz CT molecular complexity index is 673. The molecule has 0 atom stereocenters. The van der Waals surface area contributed by atoms with Gasteiger partial charge in [-0.2, -0.15) is 10.2 Å². The number of nitrogens with zero attached hydrogens (tertiary/aromatic N) is 3. The molecule has 0 radical (unpaired) electrons. The van der Waals surface area contributed by atoms with Gasteiger partial charge < -0.3 is 16.2 Å². The molecule has 20 heavy (non-hydrogen) atoms. The van der Waals surface area contributed by atoms with Crippen LogP contribution in [0.4, 0.5) is 11.8 Å². The van der Waals surface area contributed by atoms with Gasteiger partial charge in [0.1, 0.15) is 29.8 Å². The Morgan fingerprint density at radius 1 is 1.25 bits per heavy atom. The van der Waals surface area contributed by atoms with E-state index in [1.54, 1.807) is 30.3 Å². The van der Waals surface area contributed by atoms with Gasteiger partial charge in [-0.3, -0.25) is 0 Å². The van der Waals surface area contributed by atoms with Crippen LogP contribution in [0.1, 0.15) is 5.56 Å². The molecular weight excluding hydrogens is 254 g/mol. The molecule has 0 unspecified atom stereocenters. The summed E-state index contributed by atoms with van der Waals surface area (Å²) in [5.74, 6) is 0.799. The lowest BCUT2D eigenvalue weighted by Crippen LogP contribution is -2.04. The van der Waals surface area contributed by atoms with Crippen molar-refractivity contribution in [3.05, 3.63) is 42.5 Å². The first-order valence-corrected chi connectivity index (χ1v) is 5.83. The van der Waals surface area contributed by atoms with Gasteiger partial charge in [0.2, 0.25) is 5.95 Å². The van der Waals surface area contributed by atoms with Crippen LogP contribution in [0.3, 0.4) is 0 Å². The fourth-order valence-corrected chi connectivity index (χ4v) is 1.68. The van der Waals surface area contributed by atoms with E-state index in [0.29, 0.717) is 23.6 Å². The standard InChI is InChI=1S/C14H13N5O/c1-2-7-20-10-5-3-9(4-6-10)12-11(8-15)13(16)19-14(17)18-12/h2-6H,1,7H2,(H4,16,17,18,19). The highest BCUT2D eigenvalue weighted by Crippen LogP contribution is 2.26. The molecule has 100 valence electrons. The molecule has 4 N–H and O–H groups in total. The van der Waals surface area contributed by atoms with Crippen LogP contribution in [0, 0.1) is 11.3 Å². The molecule has 0 aliphatic rings. The molecule has 6 heteroatoms. The Morgan fingerprint density at radius 2 is 1.95 bits per heavy atom. The minimum atomic E-state index is 0.0310. The van der Waals surface area contributed by atoms with Crippen molar-refractivity contribution < 1.29 is 4.74 Å².